The quantitative estimate of drug-likeness (QED) is 0.345. The van der Waals surface area contributed by atoms with Crippen molar-refractivity contribution in [2.24, 2.45) is 0 Å². The number of fused-ring (bicyclic) bond motifs is 1. The summed E-state index contributed by atoms with van der Waals surface area (Å²) in [7, 11) is 0. The summed E-state index contributed by atoms with van der Waals surface area (Å²) < 4.78 is 0. The van der Waals surface area contributed by atoms with E-state index in [1.54, 1.807) is 0 Å². The molecule has 12 heteroatoms. The molecule has 1 atom stereocenters. The Kier molecular flexibility index (Phi) is 7.50. The number of nitrogens with one attached hydrogen (secondary N) is 2. The van der Waals surface area contributed by atoms with Gasteiger partial charge in [0.2, 0.25) is 11.9 Å². The summed E-state index contributed by atoms with van der Waals surface area (Å²) in [6.45, 7) is 6.72. The van der Waals surface area contributed by atoms with E-state index in [1.165, 1.54) is 18.5 Å². The van der Waals surface area contributed by atoms with Crippen molar-refractivity contribution in [3.63, 3.8) is 0 Å². The molecule has 1 unspecified atom stereocenters. The highest BCUT2D eigenvalue weighted by Gasteiger charge is 2.28. The Hall–Kier alpha value is -4.79. The van der Waals surface area contributed by atoms with Crippen molar-refractivity contribution in [1.82, 2.24) is 20.2 Å². The van der Waals surface area contributed by atoms with Gasteiger partial charge in [0.1, 0.15) is 6.07 Å². The van der Waals surface area contributed by atoms with Crippen molar-refractivity contribution in [2.45, 2.75) is 18.9 Å². The Balaban J connectivity index is 0.000000967. The number of carboxylic acid groups (broad SMARTS) is 1. The zero-order valence-electron chi connectivity index (χ0n) is 19.5. The molecule has 3 aromatic rings. The predicted octanol–water partition coefficient (Wildman–Crippen LogP) is 2.02. The third kappa shape index (κ3) is 5.30. The van der Waals surface area contributed by atoms with E-state index < -0.39 is 0 Å². The number of amides is 1. The van der Waals surface area contributed by atoms with E-state index in [2.05, 4.69) is 47.2 Å². The molecule has 0 radical (unpaired) electrons. The maximum Gasteiger partial charge on any atom is 0.290 e. The van der Waals surface area contributed by atoms with Gasteiger partial charge in [-0.3, -0.25) is 9.59 Å². The Labute approximate surface area is 207 Å². The van der Waals surface area contributed by atoms with Crippen LogP contribution in [0.3, 0.4) is 0 Å². The monoisotopic (exact) mass is 487 g/mol. The van der Waals surface area contributed by atoms with E-state index in [0.717, 1.165) is 61.4 Å². The van der Waals surface area contributed by atoms with Crippen LogP contribution in [-0.4, -0.2) is 69.9 Å². The first-order chi connectivity index (χ1) is 17.6. The SMILES string of the molecule is C=CC(=O)Nc1ccc2c(N3CCC(Nc4ncc(C#N)cn4)C3)nnc(N3CCC3)c2c1.O=CO. The molecule has 0 spiro atoms. The van der Waals surface area contributed by atoms with E-state index in [-0.39, 0.29) is 18.4 Å². The van der Waals surface area contributed by atoms with E-state index in [1.807, 2.05) is 24.3 Å². The van der Waals surface area contributed by atoms with Crippen LogP contribution < -0.4 is 20.4 Å². The average Bonchev–Trinajstić information content (AvgIpc) is 3.32. The highest BCUT2D eigenvalue weighted by Crippen LogP contribution is 2.35. The lowest BCUT2D eigenvalue weighted by molar-refractivity contribution is -0.122. The minimum absolute atomic E-state index is 0.149. The number of hydrogen-bond donors (Lipinski definition) is 3. The molecule has 5 rings (SSSR count). The fourth-order valence-electron chi connectivity index (χ4n) is 4.11. The number of carbonyl (C=O) groups is 2. The van der Waals surface area contributed by atoms with Crippen LogP contribution in [0.15, 0.2) is 43.2 Å². The topological polar surface area (TPSA) is 160 Å². The summed E-state index contributed by atoms with van der Waals surface area (Å²) in [4.78, 5) is 33.0. The molecule has 2 fully saturated rings. The predicted molar refractivity (Wildman–Crippen MR) is 135 cm³/mol. The van der Waals surface area contributed by atoms with Gasteiger partial charge in [-0.05, 0) is 37.1 Å². The molecule has 36 heavy (non-hydrogen) atoms. The van der Waals surface area contributed by atoms with Crippen LogP contribution in [0.4, 0.5) is 23.3 Å². The zero-order chi connectivity index (χ0) is 25.5. The summed E-state index contributed by atoms with van der Waals surface area (Å²) in [5.41, 5.74) is 1.13. The normalized spacial score (nSPS) is 16.2. The standard InChI is InChI=1S/C23H23N9O.CH2O2/c1-2-20(33)27-16-4-5-18-19(10-16)22(31-7-3-8-31)30-29-21(18)32-9-6-17(14-32)28-23-25-12-15(11-24)13-26-23;2-1-3/h2,4-5,10,12-13,17H,1,3,6-9,14H2,(H,27,33)(H,25,26,28);1H,(H,2,3). The third-order valence-corrected chi connectivity index (χ3v) is 5.95. The number of nitrogens with zero attached hydrogens (tertiary/aromatic N) is 7. The van der Waals surface area contributed by atoms with Gasteiger partial charge in [0.05, 0.1) is 18.0 Å². The molecule has 1 aromatic carbocycles. The first kappa shape index (κ1) is 24.3. The largest absolute Gasteiger partial charge is 0.483 e. The lowest BCUT2D eigenvalue weighted by Crippen LogP contribution is -2.38. The van der Waals surface area contributed by atoms with Crippen molar-refractivity contribution in [3.05, 3.63) is 48.8 Å². The van der Waals surface area contributed by atoms with Gasteiger partial charge in [-0.25, -0.2) is 9.97 Å². The van der Waals surface area contributed by atoms with E-state index in [9.17, 15) is 4.79 Å². The molecular weight excluding hydrogens is 462 g/mol. The van der Waals surface area contributed by atoms with Gasteiger partial charge >= 0.3 is 0 Å². The van der Waals surface area contributed by atoms with Gasteiger partial charge < -0.3 is 25.5 Å². The van der Waals surface area contributed by atoms with Crippen LogP contribution >= 0.6 is 0 Å². The van der Waals surface area contributed by atoms with Gasteiger partial charge in [0, 0.05) is 48.7 Å². The Morgan fingerprint density at radius 1 is 1.14 bits per heavy atom. The van der Waals surface area contributed by atoms with Crippen LogP contribution in [0.25, 0.3) is 10.8 Å². The second kappa shape index (κ2) is 11.1. The summed E-state index contributed by atoms with van der Waals surface area (Å²) >= 11 is 0. The van der Waals surface area contributed by atoms with Crippen molar-refractivity contribution in [2.75, 3.05) is 46.6 Å². The Morgan fingerprint density at radius 3 is 2.44 bits per heavy atom. The van der Waals surface area contributed by atoms with Crippen molar-refractivity contribution in [3.8, 4) is 6.07 Å². The zero-order valence-corrected chi connectivity index (χ0v) is 19.5. The van der Waals surface area contributed by atoms with Gasteiger partial charge in [-0.1, -0.05) is 6.58 Å². The van der Waals surface area contributed by atoms with Crippen LogP contribution in [0, 0.1) is 11.3 Å². The third-order valence-electron chi connectivity index (χ3n) is 5.95. The van der Waals surface area contributed by atoms with Gasteiger partial charge in [-0.15, -0.1) is 10.2 Å². The highest BCUT2D eigenvalue weighted by molar-refractivity contribution is 6.04. The van der Waals surface area contributed by atoms with Crippen molar-refractivity contribution in [1.29, 1.82) is 5.26 Å². The van der Waals surface area contributed by atoms with Crippen LogP contribution in [-0.2, 0) is 9.59 Å². The number of nitriles is 1. The number of benzene rings is 1. The summed E-state index contributed by atoms with van der Waals surface area (Å²) in [6.07, 6.45) is 6.31. The summed E-state index contributed by atoms with van der Waals surface area (Å²) in [5.74, 6) is 1.92. The first-order valence-electron chi connectivity index (χ1n) is 11.4. The molecule has 184 valence electrons. The molecule has 1 amide bonds. The molecule has 2 aromatic heterocycles. The van der Waals surface area contributed by atoms with Crippen molar-refractivity contribution < 1.29 is 14.7 Å². The number of hydrogen-bond acceptors (Lipinski definition) is 10. The fourth-order valence-corrected chi connectivity index (χ4v) is 4.11. The smallest absolute Gasteiger partial charge is 0.290 e. The second-order valence-corrected chi connectivity index (χ2v) is 8.23. The molecule has 12 nitrogen and oxygen atoms in total. The molecule has 2 aliphatic rings. The highest BCUT2D eigenvalue weighted by atomic mass is 16.3. The van der Waals surface area contributed by atoms with Crippen LogP contribution in [0.5, 0.6) is 0 Å². The molecule has 0 aliphatic carbocycles. The van der Waals surface area contributed by atoms with Crippen molar-refractivity contribution >= 4 is 46.4 Å². The van der Waals surface area contributed by atoms with Gasteiger partial charge in [0.15, 0.2) is 11.6 Å². The molecule has 2 saturated heterocycles. The molecule has 0 saturated carbocycles. The summed E-state index contributed by atoms with van der Waals surface area (Å²) in [6, 6.07) is 8.00. The molecular formula is C24H25N9O3. The van der Waals surface area contributed by atoms with Gasteiger partial charge in [-0.2, -0.15) is 5.26 Å². The molecule has 4 heterocycles. The lowest BCUT2D eigenvalue weighted by atomic mass is 10.1. The Bertz CT molecular complexity index is 1300. The van der Waals surface area contributed by atoms with E-state index >= 15 is 0 Å². The first-order valence-corrected chi connectivity index (χ1v) is 11.4. The number of anilines is 4. The number of carbonyl (C=O) groups excluding carboxylic acids is 1. The summed E-state index contributed by atoms with van der Waals surface area (Å²) in [5, 5.41) is 33.1. The molecule has 0 bridgehead atoms. The number of aromatic nitrogens is 4. The van der Waals surface area contributed by atoms with E-state index in [4.69, 9.17) is 15.2 Å². The maximum absolute atomic E-state index is 11.8. The average molecular weight is 488 g/mol. The minimum Gasteiger partial charge on any atom is -0.483 e. The maximum atomic E-state index is 11.8. The second-order valence-electron chi connectivity index (χ2n) is 8.23. The lowest BCUT2D eigenvalue weighted by Gasteiger charge is -2.33. The van der Waals surface area contributed by atoms with Gasteiger partial charge in [0.25, 0.3) is 6.47 Å². The number of rotatable bonds is 6. The van der Waals surface area contributed by atoms with Crippen LogP contribution in [0.1, 0.15) is 18.4 Å². The molecule has 2 aliphatic heterocycles. The van der Waals surface area contributed by atoms with E-state index in [0.29, 0.717) is 17.2 Å². The fraction of sp³-hybridized carbons (Fsp3) is 0.292. The molecule has 3 N–H and O–H groups in total. The Morgan fingerprint density at radius 2 is 1.83 bits per heavy atom. The van der Waals surface area contributed by atoms with Crippen LogP contribution in [0.2, 0.25) is 0 Å². The minimum atomic E-state index is -0.250.